The second-order valence-corrected chi connectivity index (χ2v) is 7.42. The van der Waals surface area contributed by atoms with Crippen LogP contribution in [0.2, 0.25) is 0 Å². The van der Waals surface area contributed by atoms with Crippen molar-refractivity contribution in [2.75, 3.05) is 6.61 Å². The topological polar surface area (TPSA) is 27.7 Å². The van der Waals surface area contributed by atoms with Crippen LogP contribution >= 0.6 is 0 Å². The van der Waals surface area contributed by atoms with Crippen LogP contribution in [0.3, 0.4) is 0 Å². The maximum absolute atomic E-state index is 6.11. The summed E-state index contributed by atoms with van der Waals surface area (Å²) in [6.07, 6.45) is 6.07. The molecule has 0 N–H and O–H groups in total. The quantitative estimate of drug-likeness (QED) is 0.282. The van der Waals surface area contributed by atoms with Crippen LogP contribution in [0.15, 0.2) is 78.9 Å². The Labute approximate surface area is 180 Å². The summed E-state index contributed by atoms with van der Waals surface area (Å²) in [5.74, 6) is 2.27. The van der Waals surface area contributed by atoms with Crippen molar-refractivity contribution in [2.45, 2.75) is 52.2 Å². The summed E-state index contributed by atoms with van der Waals surface area (Å²) < 4.78 is 18.1. The van der Waals surface area contributed by atoms with Crippen molar-refractivity contribution in [3.05, 3.63) is 90.0 Å². The summed E-state index contributed by atoms with van der Waals surface area (Å²) in [7, 11) is 0. The molecule has 0 aliphatic heterocycles. The summed E-state index contributed by atoms with van der Waals surface area (Å²) in [5, 5.41) is 0. The van der Waals surface area contributed by atoms with Gasteiger partial charge in [0.15, 0.2) is 11.5 Å². The van der Waals surface area contributed by atoms with E-state index in [1.807, 2.05) is 54.6 Å². The van der Waals surface area contributed by atoms with E-state index in [9.17, 15) is 0 Å². The molecule has 0 radical (unpaired) electrons. The predicted octanol–water partition coefficient (Wildman–Crippen LogP) is 7.19. The van der Waals surface area contributed by atoms with Crippen LogP contribution in [0.25, 0.3) is 0 Å². The highest BCUT2D eigenvalue weighted by atomic mass is 16.5. The van der Waals surface area contributed by atoms with Gasteiger partial charge in [-0.15, -0.1) is 0 Å². The second-order valence-electron chi connectivity index (χ2n) is 7.42. The molecule has 0 aliphatic carbocycles. The maximum atomic E-state index is 6.11. The Morgan fingerprint density at radius 2 is 1.20 bits per heavy atom. The number of hydrogen-bond donors (Lipinski definition) is 0. The molecule has 0 bridgehead atoms. The first-order valence-corrected chi connectivity index (χ1v) is 11.0. The number of hydrogen-bond acceptors (Lipinski definition) is 3. The molecule has 0 spiro atoms. The van der Waals surface area contributed by atoms with E-state index in [0.29, 0.717) is 19.8 Å². The zero-order valence-corrected chi connectivity index (χ0v) is 17.9. The van der Waals surface area contributed by atoms with Gasteiger partial charge in [0.25, 0.3) is 0 Å². The highest BCUT2D eigenvalue weighted by Crippen LogP contribution is 2.33. The van der Waals surface area contributed by atoms with Gasteiger partial charge in [-0.2, -0.15) is 0 Å². The smallest absolute Gasteiger partial charge is 0.165 e. The fraction of sp³-hybridized carbons (Fsp3) is 0.333. The zero-order chi connectivity index (χ0) is 20.9. The third-order valence-corrected chi connectivity index (χ3v) is 4.91. The van der Waals surface area contributed by atoms with E-state index in [0.717, 1.165) is 34.8 Å². The Hall–Kier alpha value is -2.94. The van der Waals surface area contributed by atoms with Crippen LogP contribution in [0.5, 0.6) is 17.2 Å². The zero-order valence-electron chi connectivity index (χ0n) is 17.9. The molecule has 0 aliphatic rings. The Bertz CT molecular complexity index is 846. The lowest BCUT2D eigenvalue weighted by Crippen LogP contribution is -2.03. The fourth-order valence-corrected chi connectivity index (χ4v) is 3.17. The first kappa shape index (κ1) is 21.8. The summed E-state index contributed by atoms with van der Waals surface area (Å²) in [4.78, 5) is 0. The third kappa shape index (κ3) is 7.47. The van der Waals surface area contributed by atoms with Crippen LogP contribution < -0.4 is 14.2 Å². The minimum absolute atomic E-state index is 0.496. The van der Waals surface area contributed by atoms with Crippen molar-refractivity contribution in [3.63, 3.8) is 0 Å². The molecule has 3 nitrogen and oxygen atoms in total. The van der Waals surface area contributed by atoms with Gasteiger partial charge >= 0.3 is 0 Å². The average Bonchev–Trinajstić information content (AvgIpc) is 2.80. The largest absolute Gasteiger partial charge is 0.490 e. The van der Waals surface area contributed by atoms with E-state index in [4.69, 9.17) is 14.2 Å². The molecule has 0 aromatic heterocycles. The van der Waals surface area contributed by atoms with Crippen molar-refractivity contribution in [1.29, 1.82) is 0 Å². The minimum atomic E-state index is 0.496. The Morgan fingerprint density at radius 1 is 0.567 bits per heavy atom. The molecule has 0 amide bonds. The number of ether oxygens (including phenoxy) is 3. The van der Waals surface area contributed by atoms with Crippen LogP contribution in [-0.4, -0.2) is 6.61 Å². The SMILES string of the molecule is CCCCCCCOc1ccc(OCc2ccccc2)cc1OCc1ccccc1. The van der Waals surface area contributed by atoms with E-state index in [1.165, 1.54) is 25.7 Å². The van der Waals surface area contributed by atoms with Gasteiger partial charge in [0.05, 0.1) is 6.61 Å². The Morgan fingerprint density at radius 3 is 1.87 bits per heavy atom. The van der Waals surface area contributed by atoms with Gasteiger partial charge in [0.2, 0.25) is 0 Å². The van der Waals surface area contributed by atoms with Gasteiger partial charge in [0, 0.05) is 6.07 Å². The van der Waals surface area contributed by atoms with Crippen LogP contribution in [0.4, 0.5) is 0 Å². The standard InChI is InChI=1S/C27H32O3/c1-2-3-4-5-12-19-28-26-18-17-25(29-21-23-13-8-6-9-14-23)20-27(26)30-22-24-15-10-7-11-16-24/h6-11,13-18,20H,2-5,12,19,21-22H2,1H3. The summed E-state index contributed by atoms with van der Waals surface area (Å²) in [6, 6.07) is 26.2. The highest BCUT2D eigenvalue weighted by Gasteiger charge is 2.09. The maximum Gasteiger partial charge on any atom is 0.165 e. The molecule has 3 aromatic rings. The highest BCUT2D eigenvalue weighted by molar-refractivity contribution is 5.45. The van der Waals surface area contributed by atoms with Gasteiger partial charge < -0.3 is 14.2 Å². The van der Waals surface area contributed by atoms with Crippen LogP contribution in [0.1, 0.15) is 50.2 Å². The molecule has 0 saturated heterocycles. The van der Waals surface area contributed by atoms with E-state index >= 15 is 0 Å². The van der Waals surface area contributed by atoms with Crippen molar-refractivity contribution >= 4 is 0 Å². The summed E-state index contributed by atoms with van der Waals surface area (Å²) in [6.45, 7) is 3.95. The van der Waals surface area contributed by atoms with E-state index in [1.54, 1.807) is 0 Å². The van der Waals surface area contributed by atoms with Gasteiger partial charge in [-0.3, -0.25) is 0 Å². The summed E-state index contributed by atoms with van der Waals surface area (Å²) >= 11 is 0. The average molecular weight is 405 g/mol. The molecule has 3 rings (SSSR count). The molecule has 3 aromatic carbocycles. The van der Waals surface area contributed by atoms with Gasteiger partial charge in [-0.1, -0.05) is 93.3 Å². The van der Waals surface area contributed by atoms with Crippen molar-refractivity contribution in [2.24, 2.45) is 0 Å². The first-order chi connectivity index (χ1) is 14.8. The van der Waals surface area contributed by atoms with E-state index in [-0.39, 0.29) is 0 Å². The Kier molecular flexibility index (Phi) is 9.13. The molecule has 0 heterocycles. The molecular weight excluding hydrogens is 372 g/mol. The number of benzene rings is 3. The third-order valence-electron chi connectivity index (χ3n) is 4.91. The second kappa shape index (κ2) is 12.6. The lowest BCUT2D eigenvalue weighted by Gasteiger charge is -2.15. The monoisotopic (exact) mass is 404 g/mol. The van der Waals surface area contributed by atoms with Crippen LogP contribution in [0, 0.1) is 0 Å². The number of rotatable bonds is 13. The van der Waals surface area contributed by atoms with Gasteiger partial charge in [-0.25, -0.2) is 0 Å². The molecule has 0 fully saturated rings. The molecule has 0 atom stereocenters. The molecule has 0 saturated carbocycles. The first-order valence-electron chi connectivity index (χ1n) is 11.0. The van der Waals surface area contributed by atoms with Crippen LogP contribution in [-0.2, 0) is 13.2 Å². The van der Waals surface area contributed by atoms with E-state index in [2.05, 4.69) is 31.2 Å². The van der Waals surface area contributed by atoms with E-state index < -0.39 is 0 Å². The van der Waals surface area contributed by atoms with Crippen molar-refractivity contribution < 1.29 is 14.2 Å². The number of unbranched alkanes of at least 4 members (excludes halogenated alkanes) is 4. The predicted molar refractivity (Wildman–Crippen MR) is 122 cm³/mol. The molecule has 158 valence electrons. The van der Waals surface area contributed by atoms with Crippen molar-refractivity contribution in [3.8, 4) is 17.2 Å². The minimum Gasteiger partial charge on any atom is -0.490 e. The summed E-state index contributed by atoms with van der Waals surface area (Å²) in [5.41, 5.74) is 2.26. The van der Waals surface area contributed by atoms with Crippen molar-refractivity contribution in [1.82, 2.24) is 0 Å². The van der Waals surface area contributed by atoms with Gasteiger partial charge in [-0.05, 0) is 29.7 Å². The molecule has 3 heteroatoms. The molecule has 0 unspecified atom stereocenters. The normalized spacial score (nSPS) is 10.6. The fourth-order valence-electron chi connectivity index (χ4n) is 3.17. The molecular formula is C27H32O3. The lowest BCUT2D eigenvalue weighted by atomic mass is 10.2. The molecule has 30 heavy (non-hydrogen) atoms. The Balaban J connectivity index is 1.62. The lowest BCUT2D eigenvalue weighted by molar-refractivity contribution is 0.252. The van der Waals surface area contributed by atoms with Gasteiger partial charge in [0.1, 0.15) is 19.0 Å².